The highest BCUT2D eigenvalue weighted by molar-refractivity contribution is 5.93. The molecule has 1 aliphatic rings. The van der Waals surface area contributed by atoms with Crippen LogP contribution in [0.1, 0.15) is 41.4 Å². The van der Waals surface area contributed by atoms with Gasteiger partial charge in [-0.15, -0.1) is 0 Å². The molecular formula is C19H22N6O. The Kier molecular flexibility index (Phi) is 4.88. The third kappa shape index (κ3) is 3.57. The summed E-state index contributed by atoms with van der Waals surface area (Å²) < 4.78 is 1.61. The molecule has 7 nitrogen and oxygen atoms in total. The van der Waals surface area contributed by atoms with Crippen molar-refractivity contribution in [3.05, 3.63) is 60.3 Å². The normalized spacial score (nSPS) is 16.5. The van der Waals surface area contributed by atoms with Crippen molar-refractivity contribution in [3.63, 3.8) is 0 Å². The van der Waals surface area contributed by atoms with Crippen LogP contribution in [-0.4, -0.2) is 50.0 Å². The fourth-order valence-electron chi connectivity index (χ4n) is 3.48. The number of fused-ring (bicyclic) bond motifs is 1. The van der Waals surface area contributed by atoms with E-state index in [4.69, 9.17) is 0 Å². The van der Waals surface area contributed by atoms with Crippen LogP contribution in [0.25, 0.3) is 5.65 Å². The number of nitrogens with one attached hydrogen (secondary N) is 1. The minimum atomic E-state index is -0.179. The van der Waals surface area contributed by atoms with Gasteiger partial charge in [0.05, 0.1) is 6.04 Å². The SMILES string of the molecule is O=C(NCC(c1cccnc1)N1CCCCC1)c1cc2ncccn2n1. The van der Waals surface area contributed by atoms with E-state index in [1.54, 1.807) is 35.2 Å². The van der Waals surface area contributed by atoms with Crippen molar-refractivity contribution < 1.29 is 4.79 Å². The van der Waals surface area contributed by atoms with Crippen LogP contribution in [0.15, 0.2) is 49.1 Å². The van der Waals surface area contributed by atoms with Gasteiger partial charge in [-0.1, -0.05) is 12.5 Å². The largest absolute Gasteiger partial charge is 0.349 e. The zero-order valence-corrected chi connectivity index (χ0v) is 14.6. The van der Waals surface area contributed by atoms with Gasteiger partial charge in [0.1, 0.15) is 0 Å². The highest BCUT2D eigenvalue weighted by Crippen LogP contribution is 2.23. The zero-order chi connectivity index (χ0) is 17.8. The monoisotopic (exact) mass is 350 g/mol. The second-order valence-electron chi connectivity index (χ2n) is 6.56. The molecule has 1 saturated heterocycles. The standard InChI is InChI=1S/C19H22N6O/c26-19(16-12-18-21-8-5-11-25(18)23-16)22-14-17(15-6-4-7-20-13-15)24-9-2-1-3-10-24/h4-8,11-13,17H,1-3,9-10,14H2,(H,22,26). The minimum absolute atomic E-state index is 0.128. The lowest BCUT2D eigenvalue weighted by Crippen LogP contribution is -2.40. The van der Waals surface area contributed by atoms with Gasteiger partial charge in [0.25, 0.3) is 5.91 Å². The van der Waals surface area contributed by atoms with Gasteiger partial charge < -0.3 is 5.32 Å². The number of piperidine rings is 1. The van der Waals surface area contributed by atoms with E-state index >= 15 is 0 Å². The Hall–Kier alpha value is -2.80. The molecule has 1 amide bonds. The Labute approximate surface area is 152 Å². The Morgan fingerprint density at radius 1 is 1.19 bits per heavy atom. The third-order valence-corrected chi connectivity index (χ3v) is 4.83. The molecule has 26 heavy (non-hydrogen) atoms. The lowest BCUT2D eigenvalue weighted by molar-refractivity contribution is 0.0919. The molecule has 0 aliphatic carbocycles. The Morgan fingerprint density at radius 3 is 2.85 bits per heavy atom. The smallest absolute Gasteiger partial charge is 0.271 e. The Balaban J connectivity index is 1.49. The van der Waals surface area contributed by atoms with E-state index < -0.39 is 0 Å². The molecule has 0 spiro atoms. The zero-order valence-electron chi connectivity index (χ0n) is 14.6. The number of amides is 1. The van der Waals surface area contributed by atoms with Crippen molar-refractivity contribution in [3.8, 4) is 0 Å². The van der Waals surface area contributed by atoms with Crippen molar-refractivity contribution in [2.24, 2.45) is 0 Å². The molecule has 134 valence electrons. The fraction of sp³-hybridized carbons (Fsp3) is 0.368. The van der Waals surface area contributed by atoms with Gasteiger partial charge in [-0.25, -0.2) is 9.50 Å². The number of aromatic nitrogens is 4. The molecule has 0 bridgehead atoms. The molecule has 3 aromatic rings. The number of hydrogen-bond donors (Lipinski definition) is 1. The van der Waals surface area contributed by atoms with Crippen LogP contribution in [0.2, 0.25) is 0 Å². The molecule has 0 saturated carbocycles. The minimum Gasteiger partial charge on any atom is -0.349 e. The van der Waals surface area contributed by atoms with Gasteiger partial charge in [-0.2, -0.15) is 5.10 Å². The van der Waals surface area contributed by atoms with E-state index in [1.165, 1.54) is 19.3 Å². The van der Waals surface area contributed by atoms with Gasteiger partial charge in [0, 0.05) is 37.4 Å². The van der Waals surface area contributed by atoms with Gasteiger partial charge >= 0.3 is 0 Å². The fourth-order valence-corrected chi connectivity index (χ4v) is 3.48. The van der Waals surface area contributed by atoms with Crippen LogP contribution in [0, 0.1) is 0 Å². The highest BCUT2D eigenvalue weighted by Gasteiger charge is 2.23. The molecule has 4 rings (SSSR count). The van der Waals surface area contributed by atoms with E-state index in [9.17, 15) is 4.79 Å². The number of pyridine rings is 1. The van der Waals surface area contributed by atoms with Crippen LogP contribution >= 0.6 is 0 Å². The first-order valence-electron chi connectivity index (χ1n) is 9.04. The average molecular weight is 350 g/mol. The molecule has 1 unspecified atom stereocenters. The maximum Gasteiger partial charge on any atom is 0.271 e. The summed E-state index contributed by atoms with van der Waals surface area (Å²) in [6.07, 6.45) is 10.8. The van der Waals surface area contributed by atoms with E-state index in [0.29, 0.717) is 17.9 Å². The van der Waals surface area contributed by atoms with E-state index in [-0.39, 0.29) is 11.9 Å². The Morgan fingerprint density at radius 2 is 2.08 bits per heavy atom. The van der Waals surface area contributed by atoms with Crippen LogP contribution < -0.4 is 5.32 Å². The van der Waals surface area contributed by atoms with Gasteiger partial charge in [0.15, 0.2) is 11.3 Å². The first-order valence-corrected chi connectivity index (χ1v) is 9.04. The summed E-state index contributed by atoms with van der Waals surface area (Å²) >= 11 is 0. The molecule has 3 aromatic heterocycles. The van der Waals surface area contributed by atoms with E-state index in [1.807, 2.05) is 12.3 Å². The third-order valence-electron chi connectivity index (χ3n) is 4.83. The quantitative estimate of drug-likeness (QED) is 0.762. The highest BCUT2D eigenvalue weighted by atomic mass is 16.1. The van der Waals surface area contributed by atoms with Gasteiger partial charge in [0.2, 0.25) is 0 Å². The van der Waals surface area contributed by atoms with Crippen molar-refractivity contribution >= 4 is 11.6 Å². The van der Waals surface area contributed by atoms with Crippen molar-refractivity contribution in [2.75, 3.05) is 19.6 Å². The second kappa shape index (κ2) is 7.61. The van der Waals surface area contributed by atoms with Crippen molar-refractivity contribution in [1.82, 2.24) is 29.8 Å². The molecule has 1 aliphatic heterocycles. The number of likely N-dealkylation sites (tertiary alicyclic amines) is 1. The molecular weight excluding hydrogens is 328 g/mol. The van der Waals surface area contributed by atoms with Crippen LogP contribution in [0.5, 0.6) is 0 Å². The van der Waals surface area contributed by atoms with Gasteiger partial charge in [-0.05, 0) is 43.6 Å². The van der Waals surface area contributed by atoms with E-state index in [0.717, 1.165) is 18.7 Å². The maximum atomic E-state index is 12.6. The van der Waals surface area contributed by atoms with Crippen LogP contribution in [0.3, 0.4) is 0 Å². The summed E-state index contributed by atoms with van der Waals surface area (Å²) in [5, 5.41) is 7.34. The lowest BCUT2D eigenvalue weighted by atomic mass is 10.0. The first kappa shape index (κ1) is 16.7. The predicted molar refractivity (Wildman–Crippen MR) is 97.7 cm³/mol. The van der Waals surface area contributed by atoms with Crippen LogP contribution in [0.4, 0.5) is 0 Å². The molecule has 1 N–H and O–H groups in total. The number of nitrogens with zero attached hydrogens (tertiary/aromatic N) is 5. The van der Waals surface area contributed by atoms with Crippen LogP contribution in [-0.2, 0) is 0 Å². The molecule has 1 fully saturated rings. The molecule has 0 radical (unpaired) electrons. The van der Waals surface area contributed by atoms with Crippen molar-refractivity contribution in [2.45, 2.75) is 25.3 Å². The summed E-state index contributed by atoms with van der Waals surface area (Å²) in [6, 6.07) is 7.64. The summed E-state index contributed by atoms with van der Waals surface area (Å²) in [4.78, 5) is 23.5. The molecule has 0 aromatic carbocycles. The van der Waals surface area contributed by atoms with Gasteiger partial charge in [-0.3, -0.25) is 14.7 Å². The second-order valence-corrected chi connectivity index (χ2v) is 6.56. The first-order chi connectivity index (χ1) is 12.8. The lowest BCUT2D eigenvalue weighted by Gasteiger charge is -2.34. The molecule has 7 heteroatoms. The maximum absolute atomic E-state index is 12.6. The molecule has 1 atom stereocenters. The predicted octanol–water partition coefficient (Wildman–Crippen LogP) is 2.08. The summed E-state index contributed by atoms with van der Waals surface area (Å²) in [6.45, 7) is 2.63. The summed E-state index contributed by atoms with van der Waals surface area (Å²) in [7, 11) is 0. The summed E-state index contributed by atoms with van der Waals surface area (Å²) in [5.41, 5.74) is 2.18. The Bertz CT molecular complexity index is 839. The number of hydrogen-bond acceptors (Lipinski definition) is 5. The number of carbonyl (C=O) groups is 1. The number of rotatable bonds is 5. The molecule has 4 heterocycles. The summed E-state index contributed by atoms with van der Waals surface area (Å²) in [5.74, 6) is -0.179. The van der Waals surface area contributed by atoms with Crippen molar-refractivity contribution in [1.29, 1.82) is 0 Å². The number of carbonyl (C=O) groups excluding carboxylic acids is 1. The van der Waals surface area contributed by atoms with E-state index in [2.05, 4.69) is 31.3 Å². The topological polar surface area (TPSA) is 75.4 Å². The average Bonchev–Trinajstić information content (AvgIpc) is 3.14.